The SMILES string of the molecule is CC(C)(C)C1=CC2c3cc4c(-c5cc(C(C)(C)C)cc(C(C)(C)C)c5)c5cc6c(cc5c(-c5cc(C(C)(C)C)cc(C(C)(C)C)c5)c4cc3-c3cc(C(C)(C)C)c4cccc1c4c32)C1C=C(C(C)(C)C)c2cccc3c(C(C)(C)C)cc-6c1c23. The monoisotopic (exact) mass is 1100 g/mol. The number of benzene rings is 9. The molecule has 0 radical (unpaired) electrons. The van der Waals surface area contributed by atoms with Gasteiger partial charge >= 0.3 is 0 Å². The van der Waals surface area contributed by atoms with Gasteiger partial charge in [0.25, 0.3) is 0 Å². The molecule has 13 rings (SSSR count). The molecule has 430 valence electrons. The van der Waals surface area contributed by atoms with Gasteiger partial charge in [-0.25, -0.2) is 0 Å². The zero-order valence-electron chi connectivity index (χ0n) is 55.7. The van der Waals surface area contributed by atoms with Gasteiger partial charge in [-0.15, -0.1) is 0 Å². The van der Waals surface area contributed by atoms with E-state index in [9.17, 15) is 0 Å². The molecule has 4 aliphatic rings. The maximum atomic E-state index is 2.73. The molecule has 0 heteroatoms. The summed E-state index contributed by atoms with van der Waals surface area (Å²) in [5.74, 6) is 0.234. The lowest BCUT2D eigenvalue weighted by molar-refractivity contribution is 0.564. The molecule has 0 saturated heterocycles. The topological polar surface area (TPSA) is 0 Å². The first-order valence-electron chi connectivity index (χ1n) is 31.8. The second kappa shape index (κ2) is 17.6. The molecule has 0 spiro atoms. The number of rotatable bonds is 2. The van der Waals surface area contributed by atoms with Gasteiger partial charge in [-0.2, -0.15) is 0 Å². The Balaban J connectivity index is 1.29. The molecule has 0 bridgehead atoms. The summed E-state index contributed by atoms with van der Waals surface area (Å²) in [6, 6.07) is 45.9. The molecule has 0 aromatic heterocycles. The van der Waals surface area contributed by atoms with Crippen LogP contribution in [0.2, 0.25) is 0 Å². The van der Waals surface area contributed by atoms with Crippen LogP contribution in [-0.2, 0) is 32.5 Å². The fraction of sp³-hybridized carbons (Fsp3) is 0.405. The van der Waals surface area contributed by atoms with Crippen LogP contribution in [0.4, 0.5) is 0 Å². The predicted octanol–water partition coefficient (Wildman–Crippen LogP) is 24.5. The molecule has 2 unspecified atom stereocenters. The van der Waals surface area contributed by atoms with Crippen LogP contribution in [0.1, 0.15) is 245 Å². The zero-order valence-corrected chi connectivity index (χ0v) is 55.7. The Labute approximate surface area is 505 Å². The normalized spacial score (nSPS) is 17.0. The van der Waals surface area contributed by atoms with Crippen LogP contribution >= 0.6 is 0 Å². The fourth-order valence-electron chi connectivity index (χ4n) is 15.5. The third kappa shape index (κ3) is 8.54. The summed E-state index contributed by atoms with van der Waals surface area (Å²) in [5.41, 5.74) is 30.2. The van der Waals surface area contributed by atoms with Crippen LogP contribution in [0.3, 0.4) is 0 Å². The third-order valence-corrected chi connectivity index (χ3v) is 20.1. The molecular formula is C84H94. The van der Waals surface area contributed by atoms with Crippen molar-refractivity contribution >= 4 is 54.2 Å². The van der Waals surface area contributed by atoms with E-state index in [4.69, 9.17) is 0 Å². The van der Waals surface area contributed by atoms with E-state index in [2.05, 4.69) is 288 Å². The van der Waals surface area contributed by atoms with Gasteiger partial charge in [-0.3, -0.25) is 0 Å². The van der Waals surface area contributed by atoms with Crippen LogP contribution < -0.4 is 0 Å². The highest BCUT2D eigenvalue weighted by Gasteiger charge is 2.42. The maximum Gasteiger partial charge on any atom is 0.0294 e. The molecule has 0 aliphatic heterocycles. The summed E-state index contributed by atoms with van der Waals surface area (Å²) < 4.78 is 0. The highest BCUT2D eigenvalue weighted by atomic mass is 14.5. The van der Waals surface area contributed by atoms with E-state index in [-0.39, 0.29) is 55.2 Å². The van der Waals surface area contributed by atoms with Crippen LogP contribution in [0.5, 0.6) is 0 Å². The number of allylic oxidation sites excluding steroid dienone is 4. The average Bonchev–Trinajstić information content (AvgIpc) is 1.47. The van der Waals surface area contributed by atoms with Crippen molar-refractivity contribution in [3.8, 4) is 44.5 Å². The van der Waals surface area contributed by atoms with E-state index >= 15 is 0 Å². The molecule has 0 heterocycles. The fourth-order valence-corrected chi connectivity index (χ4v) is 15.5. The Morgan fingerprint density at radius 1 is 0.262 bits per heavy atom. The molecule has 0 nitrogen and oxygen atoms in total. The van der Waals surface area contributed by atoms with Gasteiger partial charge in [0.1, 0.15) is 0 Å². The van der Waals surface area contributed by atoms with Crippen molar-refractivity contribution in [1.82, 2.24) is 0 Å². The number of hydrogen-bond donors (Lipinski definition) is 0. The number of fused-ring (bicyclic) bond motifs is 8. The van der Waals surface area contributed by atoms with Crippen molar-refractivity contribution in [2.75, 3.05) is 0 Å². The smallest absolute Gasteiger partial charge is 0.0294 e. The van der Waals surface area contributed by atoms with Crippen molar-refractivity contribution < 1.29 is 0 Å². The lowest BCUT2D eigenvalue weighted by Crippen LogP contribution is -2.17. The molecule has 0 saturated carbocycles. The van der Waals surface area contributed by atoms with E-state index in [0.29, 0.717) is 0 Å². The Bertz CT molecular complexity index is 4100. The lowest BCUT2D eigenvalue weighted by Gasteiger charge is -2.33. The minimum atomic E-state index is -0.0805. The minimum Gasteiger partial charge on any atom is -0.0682 e. The molecule has 9 aromatic rings. The van der Waals surface area contributed by atoms with Gasteiger partial charge in [-0.05, 0) is 245 Å². The van der Waals surface area contributed by atoms with E-state index in [0.717, 1.165) is 0 Å². The Hall–Kier alpha value is -6.50. The van der Waals surface area contributed by atoms with E-state index in [1.807, 2.05) is 0 Å². The Kier molecular flexibility index (Phi) is 11.8. The van der Waals surface area contributed by atoms with Crippen LogP contribution in [-0.4, -0.2) is 0 Å². The summed E-state index contributed by atoms with van der Waals surface area (Å²) >= 11 is 0. The average molecular weight is 1100 g/mol. The summed E-state index contributed by atoms with van der Waals surface area (Å²) in [7, 11) is 0. The second-order valence-electron chi connectivity index (χ2n) is 34.7. The lowest BCUT2D eigenvalue weighted by atomic mass is 9.71. The summed E-state index contributed by atoms with van der Waals surface area (Å²) in [6.45, 7) is 57.9. The van der Waals surface area contributed by atoms with Gasteiger partial charge in [0.05, 0.1) is 0 Å². The first-order chi connectivity index (χ1) is 38.7. The van der Waals surface area contributed by atoms with Gasteiger partial charge < -0.3 is 0 Å². The third-order valence-electron chi connectivity index (χ3n) is 20.1. The quantitative estimate of drug-likeness (QED) is 0.151. The molecule has 9 aromatic carbocycles. The van der Waals surface area contributed by atoms with E-state index < -0.39 is 0 Å². The standard InChI is InChI=1S/C84H94/c1-77(2,3)47-31-45(32-48(35-47)78(4,5)6)71-59-37-55-57(65-43-69(83(19,20)21)53-29-25-27-51-67(81(13,14)15)41-63(55)75(65)73(51)53)39-61(59)72(46-33-49(79(7,8)9)36-50(34-46)80(10,11)12)62-40-58-56(38-60(62)71)64-42-68(82(16,17)18)52-28-26-30-54-70(84(22,23)24)44-66(58)76(64)74(52)54/h25-44,63,66H,1-24H3. The Morgan fingerprint density at radius 2 is 0.571 bits per heavy atom. The molecule has 0 fully saturated rings. The van der Waals surface area contributed by atoms with E-state index in [1.54, 1.807) is 0 Å². The van der Waals surface area contributed by atoms with E-state index in [1.165, 1.54) is 166 Å². The zero-order chi connectivity index (χ0) is 60.6. The van der Waals surface area contributed by atoms with Gasteiger partial charge in [0.15, 0.2) is 0 Å². The highest BCUT2D eigenvalue weighted by Crippen LogP contribution is 2.62. The minimum absolute atomic E-state index is 0.0602. The summed E-state index contributed by atoms with van der Waals surface area (Å²) in [6.07, 6.45) is 5.38. The summed E-state index contributed by atoms with van der Waals surface area (Å²) in [4.78, 5) is 0. The maximum absolute atomic E-state index is 2.73. The van der Waals surface area contributed by atoms with Gasteiger partial charge in [0, 0.05) is 11.8 Å². The van der Waals surface area contributed by atoms with Crippen molar-refractivity contribution in [2.45, 2.75) is 210 Å². The molecule has 0 amide bonds. The van der Waals surface area contributed by atoms with Crippen LogP contribution in [0.15, 0.2) is 121 Å². The highest BCUT2D eigenvalue weighted by molar-refractivity contribution is 6.24. The molecule has 2 atom stereocenters. The molecule has 4 aliphatic carbocycles. The van der Waals surface area contributed by atoms with Crippen molar-refractivity contribution in [1.29, 1.82) is 0 Å². The second-order valence-corrected chi connectivity index (χ2v) is 34.7. The van der Waals surface area contributed by atoms with Gasteiger partial charge in [0.2, 0.25) is 0 Å². The van der Waals surface area contributed by atoms with Crippen molar-refractivity contribution in [2.24, 2.45) is 10.8 Å². The van der Waals surface area contributed by atoms with Crippen LogP contribution in [0, 0.1) is 10.8 Å². The molecule has 84 heavy (non-hydrogen) atoms. The van der Waals surface area contributed by atoms with Crippen molar-refractivity contribution in [3.63, 3.8) is 0 Å². The van der Waals surface area contributed by atoms with Crippen LogP contribution in [0.25, 0.3) is 98.7 Å². The summed E-state index contributed by atoms with van der Waals surface area (Å²) in [5, 5.41) is 11.1. The number of hydrogen-bond acceptors (Lipinski definition) is 0. The first-order valence-corrected chi connectivity index (χ1v) is 31.8. The predicted molar refractivity (Wildman–Crippen MR) is 369 cm³/mol. The largest absolute Gasteiger partial charge is 0.0682 e. The van der Waals surface area contributed by atoms with Crippen molar-refractivity contribution in [3.05, 3.63) is 188 Å². The molecule has 0 N–H and O–H groups in total. The molecular weight excluding hydrogens is 1010 g/mol. The Morgan fingerprint density at radius 3 is 0.857 bits per heavy atom. The first kappa shape index (κ1) is 56.6. The van der Waals surface area contributed by atoms with Gasteiger partial charge in [-0.1, -0.05) is 251 Å².